The van der Waals surface area contributed by atoms with Gasteiger partial charge in [0, 0.05) is 0 Å². The van der Waals surface area contributed by atoms with Gasteiger partial charge in [-0.1, -0.05) is 12.1 Å². The highest BCUT2D eigenvalue weighted by atomic mass is 16.6. The van der Waals surface area contributed by atoms with Crippen LogP contribution in [0.2, 0.25) is 0 Å². The Hall–Kier alpha value is -2.61. The average molecular weight is 306 g/mol. The lowest BCUT2D eigenvalue weighted by atomic mass is 10.2. The lowest BCUT2D eigenvalue weighted by Gasteiger charge is -2.35. The van der Waals surface area contributed by atoms with Gasteiger partial charge in [0.05, 0.1) is 17.9 Å². The number of aliphatic hydroxyl groups excluding tert-OH is 1. The molecule has 2 fully saturated rings. The number of hydrogen-bond acceptors (Lipinski definition) is 8. The first-order valence-electron chi connectivity index (χ1n) is 6.73. The molecular weight excluding hydrogens is 292 g/mol. The number of ether oxygens (including phenoxy) is 2. The van der Waals surface area contributed by atoms with Crippen molar-refractivity contribution < 1.29 is 29.0 Å². The Morgan fingerprint density at radius 3 is 2.05 bits per heavy atom. The van der Waals surface area contributed by atoms with Gasteiger partial charge in [-0.3, -0.25) is 4.79 Å². The van der Waals surface area contributed by atoms with Gasteiger partial charge in [-0.25, -0.2) is 9.59 Å². The van der Waals surface area contributed by atoms with Crippen LogP contribution in [0.15, 0.2) is 24.3 Å². The van der Waals surface area contributed by atoms with E-state index in [2.05, 4.69) is 4.74 Å². The molecule has 22 heavy (non-hydrogen) atoms. The molecule has 1 unspecified atom stereocenters. The number of carbonyl (C=O) groups is 3. The van der Waals surface area contributed by atoms with Gasteiger partial charge in [0.1, 0.15) is 19.6 Å². The molecule has 8 heteroatoms. The van der Waals surface area contributed by atoms with Gasteiger partial charge in [0.25, 0.3) is 0 Å². The molecule has 8 nitrogen and oxygen atoms in total. The Morgan fingerprint density at radius 2 is 1.45 bits per heavy atom. The minimum Gasteiger partial charge on any atom is -0.433 e. The molecule has 1 aromatic carbocycles. The summed E-state index contributed by atoms with van der Waals surface area (Å²) >= 11 is 0. The summed E-state index contributed by atoms with van der Waals surface area (Å²) in [5.74, 6) is -1.78. The van der Waals surface area contributed by atoms with Crippen LogP contribution < -0.4 is 9.80 Å². The van der Waals surface area contributed by atoms with Crippen molar-refractivity contribution in [2.75, 3.05) is 36.0 Å². The van der Waals surface area contributed by atoms with Crippen LogP contribution >= 0.6 is 0 Å². The van der Waals surface area contributed by atoms with E-state index in [0.29, 0.717) is 11.4 Å². The summed E-state index contributed by atoms with van der Waals surface area (Å²) in [6.45, 7) is 0.00246. The molecule has 0 aliphatic carbocycles. The molecule has 0 amide bonds. The number of benzene rings is 1. The third-order valence-corrected chi connectivity index (χ3v) is 3.39. The van der Waals surface area contributed by atoms with Gasteiger partial charge >= 0.3 is 17.9 Å². The Bertz CT molecular complexity index is 616. The first kappa shape index (κ1) is 14.3. The summed E-state index contributed by atoms with van der Waals surface area (Å²) in [5.41, 5.74) is 1.26. The number of β-amino-alcohol motifs (C(OH)–C–C–N with tert-alkyl or cyclic N) is 1. The number of hydrogen-bond donors (Lipinski definition) is 1. The first-order valence-corrected chi connectivity index (χ1v) is 6.73. The monoisotopic (exact) mass is 306 g/mol. The normalized spacial score (nSPS) is 22.4. The zero-order chi connectivity index (χ0) is 15.7. The highest BCUT2D eigenvalue weighted by Crippen LogP contribution is 2.31. The number of cyclic esters (lactones) is 3. The Balaban J connectivity index is 1.91. The summed E-state index contributed by atoms with van der Waals surface area (Å²) in [4.78, 5) is 37.6. The molecule has 3 rings (SSSR count). The van der Waals surface area contributed by atoms with Crippen molar-refractivity contribution in [3.8, 4) is 0 Å². The number of rotatable bonds is 2. The molecule has 0 bridgehead atoms. The topological polar surface area (TPSA) is 96.4 Å². The van der Waals surface area contributed by atoms with Crippen molar-refractivity contribution in [1.29, 1.82) is 0 Å². The van der Waals surface area contributed by atoms with E-state index in [1.165, 1.54) is 0 Å². The van der Waals surface area contributed by atoms with E-state index < -0.39 is 24.2 Å². The van der Waals surface area contributed by atoms with E-state index in [1.54, 1.807) is 34.1 Å². The number of morpholine rings is 2. The fourth-order valence-electron chi connectivity index (χ4n) is 2.55. The number of nitrogens with zero attached hydrogens (tertiary/aromatic N) is 2. The predicted molar refractivity (Wildman–Crippen MR) is 74.1 cm³/mol. The maximum absolute atomic E-state index is 11.5. The van der Waals surface area contributed by atoms with Gasteiger partial charge in [-0.2, -0.15) is 0 Å². The molecule has 2 aliphatic heterocycles. The zero-order valence-electron chi connectivity index (χ0n) is 11.6. The van der Waals surface area contributed by atoms with Gasteiger partial charge in [0.2, 0.25) is 6.29 Å². The molecule has 1 atom stereocenters. The molecule has 2 heterocycles. The summed E-state index contributed by atoms with van der Waals surface area (Å²) < 4.78 is 9.20. The van der Waals surface area contributed by atoms with E-state index in [4.69, 9.17) is 4.74 Å². The molecule has 0 aromatic heterocycles. The van der Waals surface area contributed by atoms with Crippen LogP contribution in [0.5, 0.6) is 0 Å². The minimum atomic E-state index is -1.21. The third-order valence-electron chi connectivity index (χ3n) is 3.39. The second-order valence-electron chi connectivity index (χ2n) is 5.02. The van der Waals surface area contributed by atoms with Crippen molar-refractivity contribution in [2.24, 2.45) is 0 Å². The van der Waals surface area contributed by atoms with Crippen LogP contribution in [0.3, 0.4) is 0 Å². The number of aliphatic hydroxyl groups is 1. The van der Waals surface area contributed by atoms with Crippen molar-refractivity contribution in [3.05, 3.63) is 24.3 Å². The second kappa shape index (κ2) is 5.64. The molecule has 116 valence electrons. The molecule has 0 saturated carbocycles. The fraction of sp³-hybridized carbons (Fsp3) is 0.357. The maximum atomic E-state index is 11.5. The number of para-hydroxylation sites is 2. The molecule has 2 saturated heterocycles. The van der Waals surface area contributed by atoms with Crippen LogP contribution in [0.1, 0.15) is 0 Å². The van der Waals surface area contributed by atoms with E-state index in [9.17, 15) is 19.5 Å². The first-order chi connectivity index (χ1) is 10.5. The molecular formula is C14H14N2O6. The lowest BCUT2D eigenvalue weighted by Crippen LogP contribution is -2.47. The highest BCUT2D eigenvalue weighted by Gasteiger charge is 2.30. The summed E-state index contributed by atoms with van der Waals surface area (Å²) in [5, 5.41) is 9.57. The summed E-state index contributed by atoms with van der Waals surface area (Å²) in [6.07, 6.45) is -1.21. The number of anilines is 2. The van der Waals surface area contributed by atoms with E-state index >= 15 is 0 Å². The van der Waals surface area contributed by atoms with Gasteiger partial charge < -0.3 is 24.4 Å². The van der Waals surface area contributed by atoms with Crippen molar-refractivity contribution in [3.63, 3.8) is 0 Å². The number of carbonyl (C=O) groups excluding carboxylic acids is 3. The van der Waals surface area contributed by atoms with Gasteiger partial charge in [0.15, 0.2) is 0 Å². The van der Waals surface area contributed by atoms with E-state index in [-0.39, 0.29) is 26.2 Å². The van der Waals surface area contributed by atoms with Crippen LogP contribution in [0, 0.1) is 0 Å². The molecule has 1 N–H and O–H groups in total. The summed E-state index contributed by atoms with van der Waals surface area (Å²) in [7, 11) is 0. The van der Waals surface area contributed by atoms with Crippen molar-refractivity contribution in [1.82, 2.24) is 0 Å². The molecule has 0 radical (unpaired) electrons. The van der Waals surface area contributed by atoms with Crippen LogP contribution in [0.4, 0.5) is 11.4 Å². The minimum absolute atomic E-state index is 0.0136. The largest absolute Gasteiger partial charge is 0.433 e. The third kappa shape index (κ3) is 2.86. The van der Waals surface area contributed by atoms with Crippen molar-refractivity contribution in [2.45, 2.75) is 6.29 Å². The smallest absolute Gasteiger partial charge is 0.333 e. The maximum Gasteiger partial charge on any atom is 0.333 e. The standard InChI is InChI=1S/C14H14N2O6/c17-11-5-15(6-12(18)21-11)9-3-1-2-4-10(9)16-7-13(19)22-14(20)8-16/h1-4,11,17H,5-8H2. The molecule has 2 aliphatic rings. The van der Waals surface area contributed by atoms with Crippen LogP contribution in [-0.4, -0.2) is 55.5 Å². The Morgan fingerprint density at radius 1 is 0.909 bits per heavy atom. The van der Waals surface area contributed by atoms with Gasteiger partial charge in [-0.05, 0) is 12.1 Å². The summed E-state index contributed by atoms with van der Waals surface area (Å²) in [6, 6.07) is 7.04. The Labute approximate surface area is 125 Å². The van der Waals surface area contributed by atoms with Crippen LogP contribution in [-0.2, 0) is 23.9 Å². The average Bonchev–Trinajstić information content (AvgIpc) is 2.45. The quantitative estimate of drug-likeness (QED) is 0.563. The van der Waals surface area contributed by atoms with Crippen molar-refractivity contribution >= 4 is 29.3 Å². The van der Waals surface area contributed by atoms with Gasteiger partial charge in [-0.15, -0.1) is 0 Å². The number of esters is 3. The lowest BCUT2D eigenvalue weighted by molar-refractivity contribution is -0.169. The van der Waals surface area contributed by atoms with E-state index in [0.717, 1.165) is 0 Å². The predicted octanol–water partition coefficient (Wildman–Crippen LogP) is -0.742. The Kier molecular flexibility index (Phi) is 3.68. The second-order valence-corrected chi connectivity index (χ2v) is 5.02. The highest BCUT2D eigenvalue weighted by molar-refractivity contribution is 5.96. The fourth-order valence-corrected chi connectivity index (χ4v) is 2.55. The van der Waals surface area contributed by atoms with E-state index in [1.807, 2.05) is 0 Å². The molecule has 0 spiro atoms. The zero-order valence-corrected chi connectivity index (χ0v) is 11.6. The molecule has 1 aromatic rings. The SMILES string of the molecule is O=C1CN(c2ccccc2N2CC(=O)OC(O)C2)CC(=O)O1. The van der Waals surface area contributed by atoms with Crippen LogP contribution in [0.25, 0.3) is 0 Å².